The van der Waals surface area contributed by atoms with E-state index in [9.17, 15) is 5.11 Å². The molecule has 0 aromatic heterocycles. The molecule has 0 amide bonds. The lowest BCUT2D eigenvalue weighted by molar-refractivity contribution is -0.142. The summed E-state index contributed by atoms with van der Waals surface area (Å²) in [5.41, 5.74) is 0.702. The van der Waals surface area contributed by atoms with E-state index >= 15 is 0 Å². The highest BCUT2D eigenvalue weighted by Crippen LogP contribution is 2.67. The molecule has 6 rings (SSSR count). The predicted molar refractivity (Wildman–Crippen MR) is 136 cm³/mol. The zero-order valence-electron chi connectivity index (χ0n) is 22.0. The van der Waals surface area contributed by atoms with E-state index in [0.29, 0.717) is 11.5 Å². The van der Waals surface area contributed by atoms with Gasteiger partial charge in [-0.25, -0.2) is 0 Å². The van der Waals surface area contributed by atoms with Crippen molar-refractivity contribution in [3.05, 3.63) is 0 Å². The topological polar surface area (TPSA) is 26.7 Å². The van der Waals surface area contributed by atoms with Crippen molar-refractivity contribution in [2.24, 2.45) is 40.4 Å². The highest BCUT2D eigenvalue weighted by atomic mass is 16.3. The van der Waals surface area contributed by atoms with Crippen LogP contribution in [0.2, 0.25) is 0 Å². The lowest BCUT2D eigenvalue weighted by atomic mass is 9.44. The van der Waals surface area contributed by atoms with Crippen molar-refractivity contribution in [1.29, 1.82) is 0 Å². The van der Waals surface area contributed by atoms with Crippen molar-refractivity contribution < 1.29 is 5.11 Å². The first-order valence-electron chi connectivity index (χ1n) is 15.1. The summed E-state index contributed by atoms with van der Waals surface area (Å²) in [5, 5.41) is 11.7. The minimum Gasteiger partial charge on any atom is -0.391 e. The number of nitrogens with zero attached hydrogens (tertiary/aromatic N) is 2. The Morgan fingerprint density at radius 1 is 0.697 bits per heavy atom. The van der Waals surface area contributed by atoms with Crippen molar-refractivity contribution >= 4 is 0 Å². The number of rotatable bonds is 2. The molecule has 1 N–H and O–H groups in total. The van der Waals surface area contributed by atoms with Crippen LogP contribution in [0.25, 0.3) is 0 Å². The molecule has 2 heterocycles. The Bertz CT molecular complexity index is 699. The van der Waals surface area contributed by atoms with Gasteiger partial charge in [-0.3, -0.25) is 4.90 Å². The van der Waals surface area contributed by atoms with Gasteiger partial charge in [0.2, 0.25) is 0 Å². The summed E-state index contributed by atoms with van der Waals surface area (Å²) < 4.78 is 0. The fraction of sp³-hybridized carbons (Fsp3) is 1.00. The van der Waals surface area contributed by atoms with Crippen molar-refractivity contribution in [3.63, 3.8) is 0 Å². The maximum absolute atomic E-state index is 11.7. The summed E-state index contributed by atoms with van der Waals surface area (Å²) in [5.74, 6) is 4.35. The fourth-order valence-electron chi connectivity index (χ4n) is 10.8. The van der Waals surface area contributed by atoms with Gasteiger partial charge >= 0.3 is 0 Å². The first-order valence-corrected chi connectivity index (χ1v) is 15.1. The number of piperidine rings is 2. The Kier molecular flexibility index (Phi) is 6.19. The molecule has 6 fully saturated rings. The molecule has 0 radical (unpaired) electrons. The lowest BCUT2D eigenvalue weighted by Crippen LogP contribution is -2.58. The van der Waals surface area contributed by atoms with E-state index in [1.54, 1.807) is 0 Å². The summed E-state index contributed by atoms with van der Waals surface area (Å²) >= 11 is 0. The molecule has 0 aromatic rings. The second kappa shape index (κ2) is 8.77. The summed E-state index contributed by atoms with van der Waals surface area (Å²) in [6.07, 6.45) is 18.1. The largest absolute Gasteiger partial charge is 0.391 e. The van der Waals surface area contributed by atoms with E-state index in [4.69, 9.17) is 0 Å². The van der Waals surface area contributed by atoms with Gasteiger partial charge in [-0.15, -0.1) is 0 Å². The smallest absolute Gasteiger partial charge is 0.0751 e. The van der Waals surface area contributed by atoms with Crippen LogP contribution in [0.15, 0.2) is 0 Å². The number of fused-ring (bicyclic) bond motifs is 5. The van der Waals surface area contributed by atoms with Crippen LogP contribution < -0.4 is 0 Å². The molecule has 3 heteroatoms. The van der Waals surface area contributed by atoms with Gasteiger partial charge in [-0.2, -0.15) is 0 Å². The highest BCUT2D eigenvalue weighted by molar-refractivity contribution is 5.14. The third-order valence-electron chi connectivity index (χ3n) is 12.7. The average molecular weight is 457 g/mol. The summed E-state index contributed by atoms with van der Waals surface area (Å²) in [6.45, 7) is 13.0. The van der Waals surface area contributed by atoms with E-state index in [0.717, 1.165) is 35.6 Å². The standard InChI is InChI=1S/C30H52N2O/c1-21-18-22-10-11-23-24(30(22,3)20-27(21)32-16-8-5-9-17-32)12-13-29(2)25(23)19-26(28(29)33)31-14-6-4-7-15-31/h21-28,33H,4-20H2,1-3H3/t21-,22+,23-,24+,25+,26+,27+,28+,29+,30+/m1/s1. The Morgan fingerprint density at radius 2 is 1.33 bits per heavy atom. The van der Waals surface area contributed by atoms with E-state index in [-0.39, 0.29) is 11.5 Å². The van der Waals surface area contributed by atoms with Crippen LogP contribution in [0.1, 0.15) is 104 Å². The second-order valence-electron chi connectivity index (χ2n) is 14.1. The second-order valence-corrected chi connectivity index (χ2v) is 14.1. The van der Waals surface area contributed by atoms with Crippen LogP contribution in [0, 0.1) is 40.4 Å². The third kappa shape index (κ3) is 3.69. The quantitative estimate of drug-likeness (QED) is 0.556. The van der Waals surface area contributed by atoms with Crippen LogP contribution in [0.5, 0.6) is 0 Å². The van der Waals surface area contributed by atoms with Crippen LogP contribution >= 0.6 is 0 Å². The predicted octanol–water partition coefficient (Wildman–Crippen LogP) is 5.95. The van der Waals surface area contributed by atoms with E-state index in [1.165, 1.54) is 110 Å². The first kappa shape index (κ1) is 23.3. The number of hydrogen-bond acceptors (Lipinski definition) is 3. The van der Waals surface area contributed by atoms with Crippen LogP contribution in [-0.4, -0.2) is 59.3 Å². The van der Waals surface area contributed by atoms with E-state index in [1.807, 2.05) is 0 Å². The van der Waals surface area contributed by atoms with Crippen LogP contribution in [-0.2, 0) is 0 Å². The van der Waals surface area contributed by atoms with Crippen molar-refractivity contribution in [2.75, 3.05) is 26.2 Å². The zero-order valence-corrected chi connectivity index (χ0v) is 22.0. The fourth-order valence-corrected chi connectivity index (χ4v) is 10.8. The van der Waals surface area contributed by atoms with Crippen LogP contribution in [0.3, 0.4) is 0 Å². The molecule has 2 aliphatic heterocycles. The average Bonchev–Trinajstić information content (AvgIpc) is 3.11. The molecule has 0 unspecified atom stereocenters. The number of likely N-dealkylation sites (tertiary alicyclic amines) is 2. The molecule has 0 bridgehead atoms. The molecule has 4 aliphatic carbocycles. The maximum Gasteiger partial charge on any atom is 0.0751 e. The van der Waals surface area contributed by atoms with Gasteiger partial charge in [0.25, 0.3) is 0 Å². The van der Waals surface area contributed by atoms with Gasteiger partial charge in [0.15, 0.2) is 0 Å². The third-order valence-corrected chi connectivity index (χ3v) is 12.7. The Morgan fingerprint density at radius 3 is 2.00 bits per heavy atom. The Balaban J connectivity index is 1.24. The number of hydrogen-bond donors (Lipinski definition) is 1. The molecule has 3 nitrogen and oxygen atoms in total. The minimum absolute atomic E-state index is 0.0976. The van der Waals surface area contributed by atoms with Gasteiger partial charge < -0.3 is 10.0 Å². The summed E-state index contributed by atoms with van der Waals surface area (Å²) in [6, 6.07) is 1.27. The molecule has 33 heavy (non-hydrogen) atoms. The molecule has 188 valence electrons. The molecule has 2 saturated heterocycles. The van der Waals surface area contributed by atoms with E-state index < -0.39 is 0 Å². The molecule has 0 aromatic carbocycles. The van der Waals surface area contributed by atoms with Gasteiger partial charge in [-0.05, 0) is 137 Å². The molecule has 6 aliphatic rings. The van der Waals surface area contributed by atoms with Crippen molar-refractivity contribution in [2.45, 2.75) is 122 Å². The normalized spacial score (nSPS) is 53.8. The van der Waals surface area contributed by atoms with Gasteiger partial charge in [-0.1, -0.05) is 33.6 Å². The summed E-state index contributed by atoms with van der Waals surface area (Å²) in [4.78, 5) is 5.62. The monoisotopic (exact) mass is 456 g/mol. The summed E-state index contributed by atoms with van der Waals surface area (Å²) in [7, 11) is 0. The molecule has 0 spiro atoms. The van der Waals surface area contributed by atoms with Gasteiger partial charge in [0.05, 0.1) is 6.10 Å². The molecule has 4 saturated carbocycles. The maximum atomic E-state index is 11.7. The Labute approximate surface area is 204 Å². The molecular weight excluding hydrogens is 404 g/mol. The van der Waals surface area contributed by atoms with Gasteiger partial charge in [0, 0.05) is 12.1 Å². The van der Waals surface area contributed by atoms with Crippen LogP contribution in [0.4, 0.5) is 0 Å². The van der Waals surface area contributed by atoms with Gasteiger partial charge in [0.1, 0.15) is 0 Å². The highest BCUT2D eigenvalue weighted by Gasteiger charge is 2.63. The number of aliphatic hydroxyl groups excluding tert-OH is 1. The number of aliphatic hydroxyl groups is 1. The zero-order chi connectivity index (χ0) is 22.8. The van der Waals surface area contributed by atoms with Crippen molar-refractivity contribution in [3.8, 4) is 0 Å². The Hall–Kier alpha value is -0.120. The van der Waals surface area contributed by atoms with E-state index in [2.05, 4.69) is 30.6 Å². The van der Waals surface area contributed by atoms with Crippen molar-refractivity contribution in [1.82, 2.24) is 9.80 Å². The SMILES string of the molecule is C[C@@H]1C[C@@H]2CC[C@@H]3[C@H](CC[C@]4(C)[C@@H](O)[C@@H](N5CCCCC5)C[C@@H]34)[C@@]2(C)C[C@@H]1N1CCCCC1. The first-order chi connectivity index (χ1) is 15.9. The lowest BCUT2D eigenvalue weighted by Gasteiger charge is -2.62. The minimum atomic E-state index is -0.0976. The molecule has 10 atom stereocenters. The molecular formula is C30H52N2O.